The third-order valence-corrected chi connectivity index (χ3v) is 4.97. The van der Waals surface area contributed by atoms with Gasteiger partial charge in [-0.05, 0) is 37.0 Å². The van der Waals surface area contributed by atoms with Crippen molar-refractivity contribution in [3.8, 4) is 0 Å². The number of likely N-dealkylation sites (tertiary alicyclic amines) is 1. The maximum atomic E-state index is 12.0. The largest absolute Gasteiger partial charge is 0.350 e. The molecule has 0 atom stereocenters. The maximum Gasteiger partial charge on any atom is 0.251 e. The molecule has 1 aliphatic heterocycles. The molecule has 5 heteroatoms. The van der Waals surface area contributed by atoms with Gasteiger partial charge in [-0.15, -0.1) is 0 Å². The Hall–Kier alpha value is -2.66. The van der Waals surface area contributed by atoms with E-state index in [-0.39, 0.29) is 18.4 Å². The summed E-state index contributed by atoms with van der Waals surface area (Å²) >= 11 is 0. The number of carbonyl (C=O) groups excluding carboxylic acids is 2. The van der Waals surface area contributed by atoms with Crippen LogP contribution in [0.4, 0.5) is 0 Å². The van der Waals surface area contributed by atoms with Crippen LogP contribution in [0.5, 0.6) is 0 Å². The topological polar surface area (TPSA) is 62.6 Å². The first-order valence-electron chi connectivity index (χ1n) is 9.72. The molecule has 5 nitrogen and oxygen atoms in total. The minimum absolute atomic E-state index is 0.0237. The molecule has 2 aromatic carbocycles. The second kappa shape index (κ2) is 9.88. The van der Waals surface area contributed by atoms with Crippen LogP contribution < -0.4 is 15.5 Å². The van der Waals surface area contributed by atoms with Crippen molar-refractivity contribution in [1.29, 1.82) is 0 Å². The van der Waals surface area contributed by atoms with Crippen molar-refractivity contribution in [1.82, 2.24) is 10.6 Å². The van der Waals surface area contributed by atoms with Crippen LogP contribution in [0.1, 0.15) is 40.7 Å². The Morgan fingerprint density at radius 3 is 2.19 bits per heavy atom. The predicted octanol–water partition coefficient (Wildman–Crippen LogP) is 1.30. The highest BCUT2D eigenvalue weighted by Crippen LogP contribution is 2.04. The molecule has 3 rings (SSSR count). The number of nitrogens with one attached hydrogen (secondary N) is 3. The summed E-state index contributed by atoms with van der Waals surface area (Å²) in [5, 5.41) is 5.48. The number of carbonyl (C=O) groups is 2. The van der Waals surface area contributed by atoms with E-state index in [1.807, 2.05) is 6.07 Å². The molecule has 1 saturated heterocycles. The summed E-state index contributed by atoms with van der Waals surface area (Å²) in [5.74, 6) is -0.434. The highest BCUT2D eigenvalue weighted by atomic mass is 16.2. The Morgan fingerprint density at radius 1 is 0.815 bits per heavy atom. The summed E-state index contributed by atoms with van der Waals surface area (Å²) in [6.45, 7) is 4.07. The lowest BCUT2D eigenvalue weighted by Crippen LogP contribution is -3.11. The van der Waals surface area contributed by atoms with Gasteiger partial charge in [0.05, 0.1) is 19.6 Å². The molecule has 142 valence electrons. The van der Waals surface area contributed by atoms with Crippen LogP contribution in [0.3, 0.4) is 0 Å². The predicted molar refractivity (Wildman–Crippen MR) is 105 cm³/mol. The number of hydrogen-bond donors (Lipinski definition) is 3. The molecule has 2 amide bonds. The fourth-order valence-electron chi connectivity index (χ4n) is 3.41. The van der Waals surface area contributed by atoms with Crippen LogP contribution in [-0.2, 0) is 17.9 Å². The van der Waals surface area contributed by atoms with Gasteiger partial charge in [-0.2, -0.15) is 0 Å². The van der Waals surface area contributed by atoms with Gasteiger partial charge < -0.3 is 15.5 Å². The molecule has 1 fully saturated rings. The fraction of sp³-hybridized carbons (Fsp3) is 0.364. The summed E-state index contributed by atoms with van der Waals surface area (Å²) in [6.07, 6.45) is 4.04. The van der Waals surface area contributed by atoms with E-state index in [2.05, 4.69) is 34.9 Å². The first-order chi connectivity index (χ1) is 13.2. The van der Waals surface area contributed by atoms with E-state index in [1.54, 1.807) is 29.2 Å². The van der Waals surface area contributed by atoms with E-state index in [0.717, 1.165) is 12.1 Å². The normalized spacial score (nSPS) is 14.5. The van der Waals surface area contributed by atoms with E-state index < -0.39 is 0 Å². The lowest BCUT2D eigenvalue weighted by Gasteiger charge is -2.23. The summed E-state index contributed by atoms with van der Waals surface area (Å²) in [6, 6.07) is 17.3. The Labute approximate surface area is 160 Å². The minimum Gasteiger partial charge on any atom is -0.350 e. The Balaban J connectivity index is 1.39. The third kappa shape index (κ3) is 6.22. The average molecular weight is 366 g/mol. The Bertz CT molecular complexity index is 738. The molecular formula is C22H28N3O2+. The smallest absolute Gasteiger partial charge is 0.251 e. The SMILES string of the molecule is O=C(CNC(=O)c1ccccc1)NCc1ccc(C[NH+]2CCCCC2)cc1. The van der Waals surface area contributed by atoms with Gasteiger partial charge in [0.1, 0.15) is 6.54 Å². The standard InChI is InChI=1S/C22H27N3O2/c26-21(16-24-22(27)20-7-3-1-4-8-20)23-15-18-9-11-19(12-10-18)17-25-13-5-2-6-14-25/h1,3-4,7-12H,2,5-6,13-17H2,(H,23,26)(H,24,27)/p+1. The lowest BCUT2D eigenvalue weighted by atomic mass is 10.1. The van der Waals surface area contributed by atoms with Crippen LogP contribution in [0.2, 0.25) is 0 Å². The first-order valence-corrected chi connectivity index (χ1v) is 9.72. The van der Waals surface area contributed by atoms with Crippen LogP contribution in [0.25, 0.3) is 0 Å². The van der Waals surface area contributed by atoms with Gasteiger partial charge in [-0.25, -0.2) is 0 Å². The molecular weight excluding hydrogens is 338 g/mol. The van der Waals surface area contributed by atoms with E-state index >= 15 is 0 Å². The quantitative estimate of drug-likeness (QED) is 0.692. The molecule has 0 aliphatic carbocycles. The van der Waals surface area contributed by atoms with E-state index in [1.165, 1.54) is 37.9 Å². The van der Waals surface area contributed by atoms with Gasteiger partial charge in [0.25, 0.3) is 5.91 Å². The van der Waals surface area contributed by atoms with Crippen molar-refractivity contribution < 1.29 is 14.5 Å². The van der Waals surface area contributed by atoms with Crippen LogP contribution in [0.15, 0.2) is 54.6 Å². The molecule has 0 bridgehead atoms. The van der Waals surface area contributed by atoms with Crippen LogP contribution in [0, 0.1) is 0 Å². The van der Waals surface area contributed by atoms with Gasteiger partial charge >= 0.3 is 0 Å². The number of amides is 2. The highest BCUT2D eigenvalue weighted by Gasteiger charge is 2.13. The first kappa shape index (κ1) is 19.1. The zero-order chi connectivity index (χ0) is 18.9. The molecule has 0 aromatic heterocycles. The van der Waals surface area contributed by atoms with E-state index in [4.69, 9.17) is 0 Å². The molecule has 27 heavy (non-hydrogen) atoms. The molecule has 3 N–H and O–H groups in total. The number of quaternary nitrogens is 1. The van der Waals surface area contributed by atoms with Gasteiger partial charge in [0, 0.05) is 17.7 Å². The summed E-state index contributed by atoms with van der Waals surface area (Å²) in [4.78, 5) is 25.5. The number of piperidine rings is 1. The summed E-state index contributed by atoms with van der Waals surface area (Å²) in [7, 11) is 0. The van der Waals surface area contributed by atoms with E-state index in [9.17, 15) is 9.59 Å². The van der Waals surface area contributed by atoms with E-state index in [0.29, 0.717) is 12.1 Å². The zero-order valence-corrected chi connectivity index (χ0v) is 15.7. The minimum atomic E-state index is -0.240. The van der Waals surface area contributed by atoms with Crippen molar-refractivity contribution in [2.45, 2.75) is 32.4 Å². The van der Waals surface area contributed by atoms with Gasteiger partial charge in [-0.1, -0.05) is 42.5 Å². The molecule has 2 aromatic rings. The average Bonchev–Trinajstić information content (AvgIpc) is 2.73. The Kier molecular flexibility index (Phi) is 6.99. The third-order valence-electron chi connectivity index (χ3n) is 4.97. The Morgan fingerprint density at radius 2 is 1.48 bits per heavy atom. The monoisotopic (exact) mass is 366 g/mol. The maximum absolute atomic E-state index is 12.0. The van der Waals surface area contributed by atoms with Crippen LogP contribution >= 0.6 is 0 Å². The number of rotatable bonds is 7. The lowest BCUT2D eigenvalue weighted by molar-refractivity contribution is -0.918. The van der Waals surface area contributed by atoms with Crippen LogP contribution in [-0.4, -0.2) is 31.4 Å². The molecule has 0 unspecified atom stereocenters. The second-order valence-corrected chi connectivity index (χ2v) is 7.13. The molecule has 1 heterocycles. The van der Waals surface area contributed by atoms with Crippen molar-refractivity contribution in [3.05, 3.63) is 71.3 Å². The zero-order valence-electron chi connectivity index (χ0n) is 15.7. The summed E-state index contributed by atoms with van der Waals surface area (Å²) < 4.78 is 0. The summed E-state index contributed by atoms with van der Waals surface area (Å²) in [5.41, 5.74) is 2.96. The molecule has 0 saturated carbocycles. The van der Waals surface area contributed by atoms with Gasteiger partial charge in [-0.3, -0.25) is 9.59 Å². The number of hydrogen-bond acceptors (Lipinski definition) is 2. The number of benzene rings is 2. The van der Waals surface area contributed by atoms with Gasteiger partial charge in [0.2, 0.25) is 5.91 Å². The molecule has 0 spiro atoms. The van der Waals surface area contributed by atoms with Gasteiger partial charge in [0.15, 0.2) is 0 Å². The van der Waals surface area contributed by atoms with Crippen molar-refractivity contribution >= 4 is 11.8 Å². The van der Waals surface area contributed by atoms with Crippen molar-refractivity contribution in [3.63, 3.8) is 0 Å². The van der Waals surface area contributed by atoms with Crippen molar-refractivity contribution in [2.75, 3.05) is 19.6 Å². The second-order valence-electron chi connectivity index (χ2n) is 7.13. The molecule has 1 aliphatic rings. The van der Waals surface area contributed by atoms with Crippen molar-refractivity contribution in [2.24, 2.45) is 0 Å². The highest BCUT2D eigenvalue weighted by molar-refractivity contribution is 5.96. The fourth-order valence-corrected chi connectivity index (χ4v) is 3.41. The molecule has 0 radical (unpaired) electrons.